The minimum Gasteiger partial charge on any atom is -0.466 e. The van der Waals surface area contributed by atoms with Gasteiger partial charge in [0.2, 0.25) is 17.7 Å². The van der Waals surface area contributed by atoms with Gasteiger partial charge in [-0.05, 0) is 44.1 Å². The molecule has 10 heteroatoms. The zero-order valence-corrected chi connectivity index (χ0v) is 22.6. The third kappa shape index (κ3) is 13.5. The maximum atomic E-state index is 13.2. The minimum atomic E-state index is -1.14. The lowest BCUT2D eigenvalue weighted by Gasteiger charge is -2.30. The number of amides is 3. The average molecular weight is 501 g/mol. The van der Waals surface area contributed by atoms with Gasteiger partial charge in [-0.2, -0.15) is 0 Å². The number of aliphatic hydroxyl groups excluding tert-OH is 1. The number of hydrogen-bond donors (Lipinski definition) is 5. The number of unbranched alkanes of at least 4 members (excludes halogenated alkanes) is 1. The highest BCUT2D eigenvalue weighted by molar-refractivity contribution is 5.92. The van der Waals surface area contributed by atoms with Crippen molar-refractivity contribution in [3.05, 3.63) is 0 Å². The molecule has 0 saturated heterocycles. The Morgan fingerprint density at radius 1 is 0.829 bits per heavy atom. The number of ether oxygens (including phenoxy) is 1. The molecule has 10 nitrogen and oxygen atoms in total. The summed E-state index contributed by atoms with van der Waals surface area (Å²) in [6, 6.07) is -2.38. The smallest absolute Gasteiger partial charge is 0.308 e. The Kier molecular flexibility index (Phi) is 16.2. The van der Waals surface area contributed by atoms with Crippen molar-refractivity contribution in [2.45, 2.75) is 105 Å². The lowest BCUT2D eigenvalue weighted by Crippen LogP contribution is -2.58. The fourth-order valence-corrected chi connectivity index (χ4v) is 3.59. The Balaban J connectivity index is 5.45. The largest absolute Gasteiger partial charge is 0.466 e. The summed E-state index contributed by atoms with van der Waals surface area (Å²) in [6.07, 6.45) is 0.678. The highest BCUT2D eigenvalue weighted by Gasteiger charge is 2.32. The monoisotopic (exact) mass is 500 g/mol. The van der Waals surface area contributed by atoms with Gasteiger partial charge in [-0.3, -0.25) is 19.2 Å². The second-order valence-electron chi connectivity index (χ2n) is 10.1. The summed E-state index contributed by atoms with van der Waals surface area (Å²) in [4.78, 5) is 50.3. The first-order valence-electron chi connectivity index (χ1n) is 12.8. The van der Waals surface area contributed by atoms with Crippen molar-refractivity contribution in [1.82, 2.24) is 16.0 Å². The Bertz CT molecular complexity index is 668. The Morgan fingerprint density at radius 2 is 1.37 bits per heavy atom. The van der Waals surface area contributed by atoms with Crippen LogP contribution in [0.15, 0.2) is 0 Å². The minimum absolute atomic E-state index is 0.150. The van der Waals surface area contributed by atoms with E-state index in [9.17, 15) is 24.3 Å². The van der Waals surface area contributed by atoms with Crippen LogP contribution in [-0.4, -0.2) is 66.2 Å². The van der Waals surface area contributed by atoms with Gasteiger partial charge >= 0.3 is 5.97 Å². The van der Waals surface area contributed by atoms with Crippen LogP contribution in [0.4, 0.5) is 0 Å². The molecular weight excluding hydrogens is 452 g/mol. The van der Waals surface area contributed by atoms with Crippen LogP contribution >= 0.6 is 0 Å². The molecule has 0 fully saturated rings. The van der Waals surface area contributed by atoms with Crippen molar-refractivity contribution in [3.8, 4) is 0 Å². The zero-order valence-electron chi connectivity index (χ0n) is 22.6. The SMILES string of the molecule is CCOC(=O)C[C@H](O)[C@H](CCCCN)NC(=O)[C@@H](NC(=O)[C@@H](NC(=O)CC(C)C)C(C)C)C(C)C. The van der Waals surface area contributed by atoms with Crippen molar-refractivity contribution in [2.24, 2.45) is 23.5 Å². The molecule has 0 saturated carbocycles. The molecule has 6 N–H and O–H groups in total. The molecular formula is C25H48N4O6. The normalized spacial score (nSPS) is 14.9. The van der Waals surface area contributed by atoms with Gasteiger partial charge in [-0.1, -0.05) is 48.0 Å². The molecule has 3 amide bonds. The van der Waals surface area contributed by atoms with Crippen LogP contribution < -0.4 is 21.7 Å². The first-order valence-corrected chi connectivity index (χ1v) is 12.8. The standard InChI is InChI=1S/C25H48N4O6/c1-8-35-21(32)14-19(30)18(11-9-10-12-26)27-24(33)23(17(6)7)29-25(34)22(16(4)5)28-20(31)13-15(2)3/h15-19,22-23,30H,8-14,26H2,1-7H3,(H,27,33)(H,28,31)(H,29,34)/t18-,19-,22-,23-/m0/s1. The molecule has 0 aliphatic heterocycles. The lowest BCUT2D eigenvalue weighted by molar-refractivity contribution is -0.146. The Hall–Kier alpha value is -2.20. The van der Waals surface area contributed by atoms with Gasteiger partial charge in [0.1, 0.15) is 12.1 Å². The van der Waals surface area contributed by atoms with Gasteiger partial charge in [0.05, 0.1) is 25.2 Å². The van der Waals surface area contributed by atoms with Crippen molar-refractivity contribution < 1.29 is 29.0 Å². The summed E-state index contributed by atoms with van der Waals surface area (Å²) in [5.41, 5.74) is 5.57. The fourth-order valence-electron chi connectivity index (χ4n) is 3.59. The first-order chi connectivity index (χ1) is 16.3. The van der Waals surface area contributed by atoms with E-state index in [1.807, 2.05) is 27.7 Å². The third-order valence-electron chi connectivity index (χ3n) is 5.55. The first kappa shape index (κ1) is 32.8. The maximum Gasteiger partial charge on any atom is 0.308 e. The zero-order chi connectivity index (χ0) is 27.1. The quantitative estimate of drug-likeness (QED) is 0.148. The highest BCUT2D eigenvalue weighted by Crippen LogP contribution is 2.12. The molecule has 0 spiro atoms. The van der Waals surface area contributed by atoms with Crippen molar-refractivity contribution in [2.75, 3.05) is 13.2 Å². The van der Waals surface area contributed by atoms with Crippen LogP contribution in [0, 0.1) is 17.8 Å². The molecule has 0 aliphatic carbocycles. The van der Waals surface area contributed by atoms with E-state index in [2.05, 4.69) is 16.0 Å². The molecule has 204 valence electrons. The topological polar surface area (TPSA) is 160 Å². The van der Waals surface area contributed by atoms with E-state index in [1.54, 1.807) is 20.8 Å². The number of esters is 1. The van der Waals surface area contributed by atoms with Gasteiger partial charge in [0, 0.05) is 6.42 Å². The molecule has 0 unspecified atom stereocenters. The summed E-state index contributed by atoms with van der Waals surface area (Å²) < 4.78 is 4.91. The second kappa shape index (κ2) is 17.3. The molecule has 0 aromatic rings. The van der Waals surface area contributed by atoms with Crippen LogP contribution in [0.25, 0.3) is 0 Å². The molecule has 0 aliphatic rings. The van der Waals surface area contributed by atoms with Gasteiger partial charge < -0.3 is 31.5 Å². The Labute approximate surface area is 210 Å². The summed E-state index contributed by atoms with van der Waals surface area (Å²) >= 11 is 0. The number of aliphatic hydroxyl groups is 1. The van der Waals surface area contributed by atoms with Crippen LogP contribution in [0.5, 0.6) is 0 Å². The Morgan fingerprint density at radius 3 is 1.86 bits per heavy atom. The van der Waals surface area contributed by atoms with E-state index in [-0.39, 0.29) is 36.7 Å². The number of hydrogen-bond acceptors (Lipinski definition) is 7. The molecule has 0 rings (SSSR count). The molecule has 35 heavy (non-hydrogen) atoms. The summed E-state index contributed by atoms with van der Waals surface area (Å²) in [5, 5.41) is 19.0. The number of rotatable bonds is 17. The van der Waals surface area contributed by atoms with Crippen molar-refractivity contribution >= 4 is 23.7 Å². The van der Waals surface area contributed by atoms with E-state index < -0.39 is 42.0 Å². The van der Waals surface area contributed by atoms with Crippen LogP contribution in [-0.2, 0) is 23.9 Å². The third-order valence-corrected chi connectivity index (χ3v) is 5.55. The fraction of sp³-hybridized carbons (Fsp3) is 0.840. The predicted molar refractivity (Wildman–Crippen MR) is 135 cm³/mol. The number of nitrogens with one attached hydrogen (secondary N) is 3. The summed E-state index contributed by atoms with van der Waals surface area (Å²) in [6.45, 7) is 13.4. The van der Waals surface area contributed by atoms with E-state index >= 15 is 0 Å². The average Bonchev–Trinajstić information content (AvgIpc) is 2.74. The molecule has 0 bridgehead atoms. The molecule has 0 radical (unpaired) electrons. The van der Waals surface area contributed by atoms with E-state index in [4.69, 9.17) is 10.5 Å². The lowest BCUT2D eigenvalue weighted by atomic mass is 9.97. The maximum absolute atomic E-state index is 13.2. The van der Waals surface area contributed by atoms with E-state index in [0.29, 0.717) is 32.2 Å². The number of carbonyl (C=O) groups excluding carboxylic acids is 4. The number of carbonyl (C=O) groups is 4. The van der Waals surface area contributed by atoms with Crippen LogP contribution in [0.1, 0.15) is 80.6 Å². The summed E-state index contributed by atoms with van der Waals surface area (Å²) in [5.74, 6) is -1.98. The van der Waals surface area contributed by atoms with Crippen LogP contribution in [0.3, 0.4) is 0 Å². The van der Waals surface area contributed by atoms with Gasteiger partial charge in [-0.15, -0.1) is 0 Å². The van der Waals surface area contributed by atoms with Crippen molar-refractivity contribution in [1.29, 1.82) is 0 Å². The van der Waals surface area contributed by atoms with Crippen LogP contribution in [0.2, 0.25) is 0 Å². The highest BCUT2D eigenvalue weighted by atomic mass is 16.5. The van der Waals surface area contributed by atoms with Gasteiger partial charge in [-0.25, -0.2) is 0 Å². The molecule has 0 aromatic carbocycles. The molecule has 0 aromatic heterocycles. The summed E-state index contributed by atoms with van der Waals surface area (Å²) in [7, 11) is 0. The van der Waals surface area contributed by atoms with E-state index in [0.717, 1.165) is 0 Å². The van der Waals surface area contributed by atoms with Crippen molar-refractivity contribution in [3.63, 3.8) is 0 Å². The predicted octanol–water partition coefficient (Wildman–Crippen LogP) is 1.24. The second-order valence-corrected chi connectivity index (χ2v) is 10.1. The molecule has 4 atom stereocenters. The van der Waals surface area contributed by atoms with Gasteiger partial charge in [0.25, 0.3) is 0 Å². The van der Waals surface area contributed by atoms with Gasteiger partial charge in [0.15, 0.2) is 0 Å². The molecule has 0 heterocycles. The van der Waals surface area contributed by atoms with E-state index in [1.165, 1.54) is 0 Å². The number of nitrogens with two attached hydrogens (primary N) is 1.